The molecule has 3 aromatic heterocycles. The monoisotopic (exact) mass is 296 g/mol. The lowest BCUT2D eigenvalue weighted by atomic mass is 10.0. The molecule has 0 atom stereocenters. The van der Waals surface area contributed by atoms with Crippen molar-refractivity contribution in [3.05, 3.63) is 72.8 Å². The van der Waals surface area contributed by atoms with Crippen LogP contribution < -0.4 is 0 Å². The zero-order valence-corrected chi connectivity index (χ0v) is 12.2. The van der Waals surface area contributed by atoms with E-state index in [9.17, 15) is 5.26 Å². The van der Waals surface area contributed by atoms with Gasteiger partial charge in [0.15, 0.2) is 0 Å². The van der Waals surface area contributed by atoms with Gasteiger partial charge >= 0.3 is 0 Å². The molecular formula is C19H12N4. The standard InChI is InChI=1S/C19H12N4/c20-11-17-16-10-14(15-2-1-7-22-12-15)3-4-18(16)23-19(17)13-5-8-21-9-6-13/h1-10,12,23H. The number of pyridine rings is 2. The van der Waals surface area contributed by atoms with E-state index < -0.39 is 0 Å². The molecule has 0 saturated carbocycles. The van der Waals surface area contributed by atoms with Crippen molar-refractivity contribution in [2.45, 2.75) is 0 Å². The number of nitrogens with zero attached hydrogens (tertiary/aromatic N) is 3. The number of hydrogen-bond donors (Lipinski definition) is 1. The Morgan fingerprint density at radius 2 is 1.74 bits per heavy atom. The molecule has 0 radical (unpaired) electrons. The maximum absolute atomic E-state index is 9.63. The fourth-order valence-electron chi connectivity index (χ4n) is 2.76. The maximum atomic E-state index is 9.63. The highest BCUT2D eigenvalue weighted by Crippen LogP contribution is 2.32. The van der Waals surface area contributed by atoms with E-state index in [2.05, 4.69) is 21.0 Å². The number of nitriles is 1. The Labute approximate surface area is 133 Å². The summed E-state index contributed by atoms with van der Waals surface area (Å²) in [6, 6.07) is 16.1. The van der Waals surface area contributed by atoms with E-state index in [0.717, 1.165) is 33.3 Å². The predicted molar refractivity (Wildman–Crippen MR) is 89.5 cm³/mol. The van der Waals surface area contributed by atoms with Crippen LogP contribution in [0.5, 0.6) is 0 Å². The Balaban J connectivity index is 1.94. The largest absolute Gasteiger partial charge is 0.353 e. The number of fused-ring (bicyclic) bond motifs is 1. The fourth-order valence-corrected chi connectivity index (χ4v) is 2.76. The van der Waals surface area contributed by atoms with Crippen LogP contribution >= 0.6 is 0 Å². The molecule has 1 N–H and O–H groups in total. The van der Waals surface area contributed by atoms with Crippen molar-refractivity contribution in [3.8, 4) is 28.5 Å². The lowest BCUT2D eigenvalue weighted by Crippen LogP contribution is -1.82. The Kier molecular flexibility index (Phi) is 3.10. The highest BCUT2D eigenvalue weighted by Gasteiger charge is 2.13. The molecule has 4 rings (SSSR count). The third kappa shape index (κ3) is 2.25. The van der Waals surface area contributed by atoms with E-state index in [0.29, 0.717) is 5.56 Å². The van der Waals surface area contributed by atoms with Crippen molar-refractivity contribution in [1.82, 2.24) is 15.0 Å². The van der Waals surface area contributed by atoms with Crippen LogP contribution in [-0.2, 0) is 0 Å². The topological polar surface area (TPSA) is 65.4 Å². The summed E-state index contributed by atoms with van der Waals surface area (Å²) >= 11 is 0. The van der Waals surface area contributed by atoms with Gasteiger partial charge in [0, 0.05) is 46.8 Å². The Morgan fingerprint density at radius 1 is 0.870 bits per heavy atom. The highest BCUT2D eigenvalue weighted by atomic mass is 14.7. The molecule has 0 bridgehead atoms. The van der Waals surface area contributed by atoms with E-state index in [1.807, 2.05) is 48.7 Å². The van der Waals surface area contributed by atoms with Gasteiger partial charge in [0.1, 0.15) is 6.07 Å². The van der Waals surface area contributed by atoms with Crippen LogP contribution in [0.25, 0.3) is 33.3 Å². The zero-order valence-electron chi connectivity index (χ0n) is 12.2. The van der Waals surface area contributed by atoms with Gasteiger partial charge < -0.3 is 4.98 Å². The summed E-state index contributed by atoms with van der Waals surface area (Å²) in [5.41, 5.74) is 5.45. The third-order valence-corrected chi connectivity index (χ3v) is 3.87. The first-order chi connectivity index (χ1) is 11.4. The summed E-state index contributed by atoms with van der Waals surface area (Å²) in [6.07, 6.45) is 7.02. The summed E-state index contributed by atoms with van der Waals surface area (Å²) < 4.78 is 0. The number of rotatable bonds is 2. The summed E-state index contributed by atoms with van der Waals surface area (Å²) in [5.74, 6) is 0. The van der Waals surface area contributed by atoms with Crippen molar-refractivity contribution in [2.75, 3.05) is 0 Å². The Hall–Kier alpha value is -3.45. The first-order valence-corrected chi connectivity index (χ1v) is 7.23. The Bertz CT molecular complexity index is 1010. The molecule has 0 unspecified atom stereocenters. The lowest BCUT2D eigenvalue weighted by Gasteiger charge is -2.01. The lowest BCUT2D eigenvalue weighted by molar-refractivity contribution is 1.32. The molecule has 0 aliphatic carbocycles. The van der Waals surface area contributed by atoms with Crippen molar-refractivity contribution in [1.29, 1.82) is 5.26 Å². The van der Waals surface area contributed by atoms with Crippen LogP contribution in [0.1, 0.15) is 5.56 Å². The fraction of sp³-hybridized carbons (Fsp3) is 0. The molecule has 4 aromatic rings. The van der Waals surface area contributed by atoms with E-state index in [4.69, 9.17) is 0 Å². The number of aromatic nitrogens is 3. The predicted octanol–water partition coefficient (Wildman–Crippen LogP) is 4.16. The van der Waals surface area contributed by atoms with E-state index in [1.165, 1.54) is 0 Å². The van der Waals surface area contributed by atoms with Gasteiger partial charge in [0.25, 0.3) is 0 Å². The van der Waals surface area contributed by atoms with Crippen LogP contribution in [0.4, 0.5) is 0 Å². The Morgan fingerprint density at radius 3 is 2.48 bits per heavy atom. The quantitative estimate of drug-likeness (QED) is 0.604. The molecule has 23 heavy (non-hydrogen) atoms. The highest BCUT2D eigenvalue weighted by molar-refractivity contribution is 5.95. The van der Waals surface area contributed by atoms with Crippen LogP contribution in [0.3, 0.4) is 0 Å². The second-order valence-corrected chi connectivity index (χ2v) is 5.22. The second-order valence-electron chi connectivity index (χ2n) is 5.22. The smallest absolute Gasteiger partial charge is 0.102 e. The average Bonchev–Trinajstić information content (AvgIpc) is 3.01. The van der Waals surface area contributed by atoms with Crippen molar-refractivity contribution in [2.24, 2.45) is 0 Å². The van der Waals surface area contributed by atoms with E-state index in [-0.39, 0.29) is 0 Å². The van der Waals surface area contributed by atoms with Gasteiger partial charge in [0.2, 0.25) is 0 Å². The molecule has 0 spiro atoms. The first kappa shape index (κ1) is 13.2. The molecular weight excluding hydrogens is 284 g/mol. The molecule has 3 heterocycles. The molecule has 0 aliphatic rings. The average molecular weight is 296 g/mol. The van der Waals surface area contributed by atoms with Crippen LogP contribution in [-0.4, -0.2) is 15.0 Å². The van der Waals surface area contributed by atoms with Crippen molar-refractivity contribution in [3.63, 3.8) is 0 Å². The zero-order chi connectivity index (χ0) is 15.6. The molecule has 4 heteroatoms. The SMILES string of the molecule is N#Cc1c(-c2ccncc2)[nH]c2ccc(-c3cccnc3)cc12. The summed E-state index contributed by atoms with van der Waals surface area (Å²) in [4.78, 5) is 11.5. The van der Waals surface area contributed by atoms with Crippen LogP contribution in [0.2, 0.25) is 0 Å². The van der Waals surface area contributed by atoms with Gasteiger partial charge in [0.05, 0.1) is 11.3 Å². The number of hydrogen-bond acceptors (Lipinski definition) is 3. The van der Waals surface area contributed by atoms with Crippen LogP contribution in [0, 0.1) is 11.3 Å². The number of aromatic amines is 1. The minimum atomic E-state index is 0.650. The summed E-state index contributed by atoms with van der Waals surface area (Å²) in [6.45, 7) is 0. The molecule has 108 valence electrons. The molecule has 4 nitrogen and oxygen atoms in total. The summed E-state index contributed by atoms with van der Waals surface area (Å²) in [7, 11) is 0. The van der Waals surface area contributed by atoms with Crippen molar-refractivity contribution >= 4 is 10.9 Å². The van der Waals surface area contributed by atoms with Gasteiger partial charge in [-0.05, 0) is 35.9 Å². The molecule has 0 aliphatic heterocycles. The van der Waals surface area contributed by atoms with Gasteiger partial charge in [-0.25, -0.2) is 0 Å². The van der Waals surface area contributed by atoms with E-state index >= 15 is 0 Å². The van der Waals surface area contributed by atoms with Crippen molar-refractivity contribution < 1.29 is 0 Å². The van der Waals surface area contributed by atoms with Gasteiger partial charge in [-0.1, -0.05) is 12.1 Å². The molecule has 0 fully saturated rings. The minimum absolute atomic E-state index is 0.650. The number of nitrogens with one attached hydrogen (secondary N) is 1. The van der Waals surface area contributed by atoms with Gasteiger partial charge in [-0.3, -0.25) is 9.97 Å². The molecule has 1 aromatic carbocycles. The normalized spacial score (nSPS) is 10.6. The number of H-pyrrole nitrogens is 1. The third-order valence-electron chi connectivity index (χ3n) is 3.87. The molecule has 0 amide bonds. The summed E-state index contributed by atoms with van der Waals surface area (Å²) in [5, 5.41) is 10.5. The second kappa shape index (κ2) is 5.39. The first-order valence-electron chi connectivity index (χ1n) is 7.23. The molecule has 0 saturated heterocycles. The number of benzene rings is 1. The van der Waals surface area contributed by atoms with E-state index in [1.54, 1.807) is 18.6 Å². The van der Waals surface area contributed by atoms with Gasteiger partial charge in [-0.2, -0.15) is 5.26 Å². The van der Waals surface area contributed by atoms with Gasteiger partial charge in [-0.15, -0.1) is 0 Å². The maximum Gasteiger partial charge on any atom is 0.102 e. The minimum Gasteiger partial charge on any atom is -0.353 e. The van der Waals surface area contributed by atoms with Crippen LogP contribution in [0.15, 0.2) is 67.3 Å².